The molecular weight excluding hydrogens is 448 g/mol. The molecule has 1 saturated heterocycles. The van der Waals surface area contributed by atoms with Crippen molar-refractivity contribution in [2.45, 2.75) is 39.3 Å². The molecule has 0 atom stereocenters. The number of anilines is 1. The second kappa shape index (κ2) is 9.52. The smallest absolute Gasteiger partial charge is 0.260 e. The Hall–Kier alpha value is -3.29. The summed E-state index contributed by atoms with van der Waals surface area (Å²) in [5.74, 6) is 0.557. The van der Waals surface area contributed by atoms with E-state index < -0.39 is 0 Å². The van der Waals surface area contributed by atoms with Gasteiger partial charge in [0.05, 0.1) is 5.69 Å². The van der Waals surface area contributed by atoms with Crippen LogP contribution in [0.15, 0.2) is 53.6 Å². The highest BCUT2D eigenvalue weighted by molar-refractivity contribution is 6.33. The third-order valence-corrected chi connectivity index (χ3v) is 6.67. The normalized spacial score (nSPS) is 14.4. The number of aromatic nitrogens is 4. The lowest BCUT2D eigenvalue weighted by molar-refractivity contribution is 0.477. The highest BCUT2D eigenvalue weighted by Gasteiger charge is 2.18. The predicted molar refractivity (Wildman–Crippen MR) is 137 cm³/mol. The van der Waals surface area contributed by atoms with E-state index in [1.807, 2.05) is 50.2 Å². The van der Waals surface area contributed by atoms with Crippen molar-refractivity contribution in [1.29, 1.82) is 0 Å². The van der Waals surface area contributed by atoms with Gasteiger partial charge in [-0.05, 0) is 63.5 Å². The first-order chi connectivity index (χ1) is 16.5. The van der Waals surface area contributed by atoms with Gasteiger partial charge in [0, 0.05) is 52.1 Å². The maximum absolute atomic E-state index is 13.5. The molecule has 0 aliphatic carbocycles. The van der Waals surface area contributed by atoms with E-state index in [4.69, 9.17) is 16.6 Å². The summed E-state index contributed by atoms with van der Waals surface area (Å²) in [6, 6.07) is 11.8. The molecule has 0 bridgehead atoms. The second-order valence-electron chi connectivity index (χ2n) is 8.61. The van der Waals surface area contributed by atoms with Crippen LogP contribution >= 0.6 is 11.6 Å². The molecule has 1 aliphatic rings. The first-order valence-electron chi connectivity index (χ1n) is 11.6. The third kappa shape index (κ3) is 4.29. The van der Waals surface area contributed by atoms with Crippen LogP contribution in [0, 0.1) is 6.92 Å². The summed E-state index contributed by atoms with van der Waals surface area (Å²) in [5.41, 5.74) is 4.58. The van der Waals surface area contributed by atoms with Gasteiger partial charge in [0.25, 0.3) is 5.56 Å². The van der Waals surface area contributed by atoms with E-state index in [0.29, 0.717) is 40.3 Å². The van der Waals surface area contributed by atoms with Crippen LogP contribution in [-0.4, -0.2) is 38.7 Å². The number of hydrogen-bond acceptors (Lipinski definition) is 6. The molecule has 2 N–H and O–H groups in total. The van der Waals surface area contributed by atoms with Gasteiger partial charge >= 0.3 is 0 Å². The number of piperidine rings is 1. The van der Waals surface area contributed by atoms with Gasteiger partial charge in [-0.1, -0.05) is 29.8 Å². The lowest BCUT2D eigenvalue weighted by Gasteiger charge is -2.23. The number of nitrogens with one attached hydrogen (secondary N) is 2. The van der Waals surface area contributed by atoms with E-state index in [9.17, 15) is 4.79 Å². The zero-order chi connectivity index (χ0) is 23.7. The van der Waals surface area contributed by atoms with E-state index in [1.165, 1.54) is 0 Å². The van der Waals surface area contributed by atoms with Crippen LogP contribution in [0.1, 0.15) is 25.3 Å². The summed E-state index contributed by atoms with van der Waals surface area (Å²) >= 11 is 6.70. The molecule has 4 aromatic rings. The maximum Gasteiger partial charge on any atom is 0.260 e. The monoisotopic (exact) mass is 474 g/mol. The highest BCUT2D eigenvalue weighted by atomic mass is 35.5. The van der Waals surface area contributed by atoms with Gasteiger partial charge in [-0.15, -0.1) is 0 Å². The van der Waals surface area contributed by atoms with Crippen molar-refractivity contribution in [1.82, 2.24) is 24.8 Å². The van der Waals surface area contributed by atoms with Crippen molar-refractivity contribution in [3.05, 3.63) is 69.7 Å². The van der Waals surface area contributed by atoms with Gasteiger partial charge in [0.2, 0.25) is 5.95 Å². The van der Waals surface area contributed by atoms with Crippen LogP contribution < -0.4 is 16.2 Å². The summed E-state index contributed by atoms with van der Waals surface area (Å²) in [6.45, 7) is 6.42. The molecule has 34 heavy (non-hydrogen) atoms. The molecular formula is C26H27ClN6O. The largest absolute Gasteiger partial charge is 0.351 e. The molecule has 0 spiro atoms. The summed E-state index contributed by atoms with van der Waals surface area (Å²) in [6.07, 6.45) is 5.59. The number of fused-ring (bicyclic) bond motifs is 1. The number of aryl methyl sites for hydroxylation is 2. The van der Waals surface area contributed by atoms with Crippen molar-refractivity contribution in [2.24, 2.45) is 0 Å². The van der Waals surface area contributed by atoms with E-state index in [-0.39, 0.29) is 5.56 Å². The zero-order valence-electron chi connectivity index (χ0n) is 19.3. The molecule has 1 aromatic carbocycles. The SMILES string of the molecule is CCn1c(=O)c(-c2ccc(-c3ncccc3C)cc2Cl)cc2cnc(NC3CCNCC3)nc21. The molecule has 1 aliphatic heterocycles. The van der Waals surface area contributed by atoms with Crippen molar-refractivity contribution in [2.75, 3.05) is 18.4 Å². The summed E-state index contributed by atoms with van der Waals surface area (Å²) in [4.78, 5) is 27.2. The fourth-order valence-electron chi connectivity index (χ4n) is 4.53. The van der Waals surface area contributed by atoms with Crippen LogP contribution in [0.25, 0.3) is 33.4 Å². The molecule has 3 aromatic heterocycles. The Balaban J connectivity index is 1.55. The fourth-order valence-corrected chi connectivity index (χ4v) is 4.81. The first-order valence-corrected chi connectivity index (χ1v) is 12.0. The van der Waals surface area contributed by atoms with Gasteiger partial charge < -0.3 is 10.6 Å². The van der Waals surface area contributed by atoms with Gasteiger partial charge in [-0.3, -0.25) is 14.3 Å². The minimum Gasteiger partial charge on any atom is -0.351 e. The minimum absolute atomic E-state index is 0.120. The minimum atomic E-state index is -0.120. The highest BCUT2D eigenvalue weighted by Crippen LogP contribution is 2.32. The van der Waals surface area contributed by atoms with Gasteiger partial charge in [-0.2, -0.15) is 4.98 Å². The quantitative estimate of drug-likeness (QED) is 0.437. The molecule has 0 radical (unpaired) electrons. The fraction of sp³-hybridized carbons (Fsp3) is 0.308. The van der Waals surface area contributed by atoms with Crippen molar-refractivity contribution in [3.8, 4) is 22.4 Å². The molecule has 0 amide bonds. The third-order valence-electron chi connectivity index (χ3n) is 6.36. The zero-order valence-corrected chi connectivity index (χ0v) is 20.1. The van der Waals surface area contributed by atoms with Crippen LogP contribution in [0.4, 0.5) is 5.95 Å². The Morgan fingerprint density at radius 2 is 1.97 bits per heavy atom. The van der Waals surface area contributed by atoms with Crippen LogP contribution in [-0.2, 0) is 6.54 Å². The summed E-state index contributed by atoms with van der Waals surface area (Å²) in [7, 11) is 0. The molecule has 1 fully saturated rings. The van der Waals surface area contributed by atoms with Gasteiger partial charge in [-0.25, -0.2) is 4.98 Å². The Kier molecular flexibility index (Phi) is 6.30. The van der Waals surface area contributed by atoms with E-state index in [0.717, 1.165) is 48.1 Å². The van der Waals surface area contributed by atoms with Crippen LogP contribution in [0.2, 0.25) is 5.02 Å². The van der Waals surface area contributed by atoms with Crippen molar-refractivity contribution in [3.63, 3.8) is 0 Å². The topological polar surface area (TPSA) is 84.7 Å². The van der Waals surface area contributed by atoms with Gasteiger partial charge in [0.1, 0.15) is 5.65 Å². The Labute approximate surface area is 203 Å². The lowest BCUT2D eigenvalue weighted by atomic mass is 10.0. The van der Waals surface area contributed by atoms with Crippen molar-refractivity contribution < 1.29 is 0 Å². The number of halogens is 1. The molecule has 0 saturated carbocycles. The standard InChI is InChI=1S/C26H27ClN6O/c1-3-33-24-18(15-30-26(32-24)31-19-8-11-28-12-9-19)13-21(25(33)34)20-7-6-17(14-22(20)27)23-16(2)5-4-10-29-23/h4-7,10,13-15,19,28H,3,8-9,11-12H2,1-2H3,(H,30,31,32). The lowest BCUT2D eigenvalue weighted by Crippen LogP contribution is -2.35. The summed E-state index contributed by atoms with van der Waals surface area (Å²) < 4.78 is 1.69. The second-order valence-corrected chi connectivity index (χ2v) is 9.02. The number of rotatable bonds is 5. The Morgan fingerprint density at radius 3 is 2.71 bits per heavy atom. The number of pyridine rings is 2. The molecule has 7 nitrogen and oxygen atoms in total. The average molecular weight is 475 g/mol. The van der Waals surface area contributed by atoms with Gasteiger partial charge in [0.15, 0.2) is 0 Å². The molecule has 4 heterocycles. The van der Waals surface area contributed by atoms with E-state index >= 15 is 0 Å². The molecule has 0 unspecified atom stereocenters. The van der Waals surface area contributed by atoms with Crippen LogP contribution in [0.3, 0.4) is 0 Å². The molecule has 5 rings (SSSR count). The Morgan fingerprint density at radius 1 is 1.15 bits per heavy atom. The van der Waals surface area contributed by atoms with Crippen molar-refractivity contribution >= 4 is 28.6 Å². The predicted octanol–water partition coefficient (Wildman–Crippen LogP) is 4.67. The average Bonchev–Trinajstić information content (AvgIpc) is 2.85. The summed E-state index contributed by atoms with van der Waals surface area (Å²) in [5, 5.41) is 8.08. The number of nitrogens with zero attached hydrogens (tertiary/aromatic N) is 4. The number of hydrogen-bond donors (Lipinski definition) is 2. The number of benzene rings is 1. The van der Waals surface area contributed by atoms with E-state index in [2.05, 4.69) is 20.6 Å². The molecule has 174 valence electrons. The Bertz CT molecular complexity index is 1410. The van der Waals surface area contributed by atoms with E-state index in [1.54, 1.807) is 17.0 Å². The maximum atomic E-state index is 13.5. The molecule has 8 heteroatoms. The van der Waals surface area contributed by atoms with Crippen LogP contribution in [0.5, 0.6) is 0 Å². The first kappa shape index (κ1) is 22.5.